The van der Waals surface area contributed by atoms with Gasteiger partial charge in [-0.25, -0.2) is 4.98 Å². The third-order valence-corrected chi connectivity index (χ3v) is 4.06. The van der Waals surface area contributed by atoms with Gasteiger partial charge in [0.25, 0.3) is 0 Å². The van der Waals surface area contributed by atoms with E-state index in [1.54, 1.807) is 23.7 Å². The van der Waals surface area contributed by atoms with Gasteiger partial charge in [-0.15, -0.1) is 11.3 Å². The zero-order valence-electron chi connectivity index (χ0n) is 10.7. The van der Waals surface area contributed by atoms with Crippen LogP contribution in [0.4, 0.5) is 0 Å². The average Bonchev–Trinajstić information content (AvgIpc) is 2.69. The summed E-state index contributed by atoms with van der Waals surface area (Å²) >= 11 is 1.75. The van der Waals surface area contributed by atoms with E-state index in [4.69, 9.17) is 5.84 Å². The lowest BCUT2D eigenvalue weighted by Gasteiger charge is -2.14. The van der Waals surface area contributed by atoms with Crippen LogP contribution < -0.4 is 11.3 Å². The van der Waals surface area contributed by atoms with Gasteiger partial charge >= 0.3 is 0 Å². The van der Waals surface area contributed by atoms with E-state index in [1.807, 2.05) is 19.1 Å². The maximum absolute atomic E-state index is 5.62. The van der Waals surface area contributed by atoms with Crippen molar-refractivity contribution in [1.82, 2.24) is 15.4 Å². The quantitative estimate of drug-likeness (QED) is 0.637. The molecule has 0 aliphatic carbocycles. The molecule has 0 aromatic carbocycles. The van der Waals surface area contributed by atoms with E-state index < -0.39 is 0 Å². The highest BCUT2D eigenvalue weighted by Gasteiger charge is 2.12. The molecule has 5 heteroatoms. The number of pyridine rings is 1. The fourth-order valence-electron chi connectivity index (χ4n) is 1.83. The minimum atomic E-state index is 0.206. The number of rotatable bonds is 5. The van der Waals surface area contributed by atoms with Crippen molar-refractivity contribution in [3.63, 3.8) is 0 Å². The molecule has 1 unspecified atom stereocenters. The molecule has 0 amide bonds. The second-order valence-electron chi connectivity index (χ2n) is 4.38. The Labute approximate surface area is 111 Å². The molecule has 0 aliphatic heterocycles. The number of aryl methyl sites for hydroxylation is 2. The molecule has 0 radical (unpaired) electrons. The molecule has 0 saturated carbocycles. The van der Waals surface area contributed by atoms with E-state index in [1.165, 1.54) is 10.4 Å². The Morgan fingerprint density at radius 1 is 1.28 bits per heavy atom. The van der Waals surface area contributed by atoms with Crippen LogP contribution in [0.3, 0.4) is 0 Å². The Morgan fingerprint density at radius 2 is 2.00 bits per heavy atom. The van der Waals surface area contributed by atoms with Gasteiger partial charge in [0.15, 0.2) is 0 Å². The van der Waals surface area contributed by atoms with Crippen LogP contribution in [0.2, 0.25) is 0 Å². The standard InChI is InChI=1S/C13H18N4S/c1-9-10(2)18-13(16-9)8-12(17-14)7-11-3-5-15-6-4-11/h3-6,12,17H,7-8,14H2,1-2H3. The Morgan fingerprint density at radius 3 is 2.56 bits per heavy atom. The molecule has 0 fully saturated rings. The molecule has 2 heterocycles. The van der Waals surface area contributed by atoms with E-state index in [-0.39, 0.29) is 6.04 Å². The van der Waals surface area contributed by atoms with E-state index >= 15 is 0 Å². The Kier molecular flexibility index (Phi) is 4.41. The lowest BCUT2D eigenvalue weighted by atomic mass is 10.1. The van der Waals surface area contributed by atoms with E-state index in [9.17, 15) is 0 Å². The summed E-state index contributed by atoms with van der Waals surface area (Å²) in [6.07, 6.45) is 5.36. The smallest absolute Gasteiger partial charge is 0.0947 e. The average molecular weight is 262 g/mol. The second kappa shape index (κ2) is 6.04. The Hall–Kier alpha value is -1.30. The predicted octanol–water partition coefficient (Wildman–Crippen LogP) is 1.77. The molecule has 2 aromatic rings. The summed E-state index contributed by atoms with van der Waals surface area (Å²) in [6.45, 7) is 4.15. The van der Waals surface area contributed by atoms with Crippen molar-refractivity contribution in [2.75, 3.05) is 0 Å². The normalized spacial score (nSPS) is 12.6. The van der Waals surface area contributed by atoms with Crippen LogP contribution in [-0.4, -0.2) is 16.0 Å². The molecular formula is C13H18N4S. The van der Waals surface area contributed by atoms with Gasteiger partial charge in [0.2, 0.25) is 0 Å². The van der Waals surface area contributed by atoms with Gasteiger partial charge < -0.3 is 0 Å². The van der Waals surface area contributed by atoms with Crippen LogP contribution in [0.25, 0.3) is 0 Å². The minimum absolute atomic E-state index is 0.206. The number of nitrogens with two attached hydrogens (primary N) is 1. The molecule has 0 aliphatic rings. The first-order valence-electron chi connectivity index (χ1n) is 5.97. The first kappa shape index (κ1) is 13.1. The van der Waals surface area contributed by atoms with Crippen molar-refractivity contribution in [3.8, 4) is 0 Å². The summed E-state index contributed by atoms with van der Waals surface area (Å²) in [5.41, 5.74) is 5.23. The third-order valence-electron chi connectivity index (χ3n) is 2.96. The van der Waals surface area contributed by atoms with E-state index in [0.717, 1.165) is 23.5 Å². The number of thiazole rings is 1. The van der Waals surface area contributed by atoms with Crippen LogP contribution in [0.1, 0.15) is 21.1 Å². The van der Waals surface area contributed by atoms with Gasteiger partial charge in [-0.05, 0) is 38.0 Å². The van der Waals surface area contributed by atoms with Crippen LogP contribution >= 0.6 is 11.3 Å². The van der Waals surface area contributed by atoms with E-state index in [0.29, 0.717) is 0 Å². The molecule has 4 nitrogen and oxygen atoms in total. The molecule has 18 heavy (non-hydrogen) atoms. The number of nitrogens with zero attached hydrogens (tertiary/aromatic N) is 2. The number of hydrogen-bond acceptors (Lipinski definition) is 5. The zero-order chi connectivity index (χ0) is 13.0. The fourth-order valence-corrected chi connectivity index (χ4v) is 2.84. The molecular weight excluding hydrogens is 244 g/mol. The highest BCUT2D eigenvalue weighted by molar-refractivity contribution is 7.11. The number of hydrazine groups is 1. The third kappa shape index (κ3) is 3.35. The lowest BCUT2D eigenvalue weighted by Crippen LogP contribution is -2.38. The summed E-state index contributed by atoms with van der Waals surface area (Å²) in [5.74, 6) is 5.62. The van der Waals surface area contributed by atoms with Gasteiger partial charge in [0, 0.05) is 29.7 Å². The first-order valence-corrected chi connectivity index (χ1v) is 6.78. The molecule has 96 valence electrons. The molecule has 2 rings (SSSR count). The van der Waals surface area contributed by atoms with Gasteiger partial charge in [0.05, 0.1) is 10.7 Å². The minimum Gasteiger partial charge on any atom is -0.271 e. The monoisotopic (exact) mass is 262 g/mol. The highest BCUT2D eigenvalue weighted by Crippen LogP contribution is 2.18. The largest absolute Gasteiger partial charge is 0.271 e. The van der Waals surface area contributed by atoms with Gasteiger partial charge in [-0.1, -0.05) is 0 Å². The number of aromatic nitrogens is 2. The molecule has 0 bridgehead atoms. The summed E-state index contributed by atoms with van der Waals surface area (Å²) < 4.78 is 0. The number of nitrogens with one attached hydrogen (secondary N) is 1. The van der Waals surface area contributed by atoms with Crippen molar-refractivity contribution >= 4 is 11.3 Å². The van der Waals surface area contributed by atoms with Gasteiger partial charge in [0.1, 0.15) is 0 Å². The number of hydrogen-bond donors (Lipinski definition) is 2. The first-order chi connectivity index (χ1) is 8.69. The maximum Gasteiger partial charge on any atom is 0.0947 e. The zero-order valence-corrected chi connectivity index (χ0v) is 11.5. The van der Waals surface area contributed by atoms with Crippen LogP contribution in [0.5, 0.6) is 0 Å². The fraction of sp³-hybridized carbons (Fsp3) is 0.385. The van der Waals surface area contributed by atoms with Crippen molar-refractivity contribution in [2.24, 2.45) is 5.84 Å². The summed E-state index contributed by atoms with van der Waals surface area (Å²) in [4.78, 5) is 9.85. The van der Waals surface area contributed by atoms with Crippen molar-refractivity contribution in [1.29, 1.82) is 0 Å². The van der Waals surface area contributed by atoms with Gasteiger partial charge in [-0.2, -0.15) is 0 Å². The highest BCUT2D eigenvalue weighted by atomic mass is 32.1. The van der Waals surface area contributed by atoms with Crippen molar-refractivity contribution in [3.05, 3.63) is 45.7 Å². The molecule has 0 spiro atoms. The van der Waals surface area contributed by atoms with Crippen LogP contribution in [-0.2, 0) is 12.8 Å². The Balaban J connectivity index is 2.01. The second-order valence-corrected chi connectivity index (χ2v) is 5.66. The van der Waals surface area contributed by atoms with Crippen molar-refractivity contribution < 1.29 is 0 Å². The van der Waals surface area contributed by atoms with Crippen LogP contribution in [0, 0.1) is 13.8 Å². The van der Waals surface area contributed by atoms with Gasteiger partial charge in [-0.3, -0.25) is 16.3 Å². The van der Waals surface area contributed by atoms with Crippen LogP contribution in [0.15, 0.2) is 24.5 Å². The molecule has 1 atom stereocenters. The summed E-state index contributed by atoms with van der Waals surface area (Å²) in [5, 5.41) is 1.14. The lowest BCUT2D eigenvalue weighted by molar-refractivity contribution is 0.521. The molecule has 0 saturated heterocycles. The SMILES string of the molecule is Cc1nc(CC(Cc2ccncc2)NN)sc1C. The van der Waals surface area contributed by atoms with E-state index in [2.05, 4.69) is 22.3 Å². The predicted molar refractivity (Wildman–Crippen MR) is 74.3 cm³/mol. The Bertz CT molecular complexity index is 475. The van der Waals surface area contributed by atoms with Crippen molar-refractivity contribution in [2.45, 2.75) is 32.7 Å². The molecule has 2 aromatic heterocycles. The summed E-state index contributed by atoms with van der Waals surface area (Å²) in [7, 11) is 0. The summed E-state index contributed by atoms with van der Waals surface area (Å²) in [6, 6.07) is 4.24. The molecule has 3 N–H and O–H groups in total. The topological polar surface area (TPSA) is 63.8 Å². The maximum atomic E-state index is 5.62.